The van der Waals surface area contributed by atoms with Gasteiger partial charge in [0, 0.05) is 38.2 Å². The Morgan fingerprint density at radius 2 is 1.97 bits per heavy atom. The lowest BCUT2D eigenvalue weighted by Crippen LogP contribution is -2.20. The third kappa shape index (κ3) is 10.5. The zero-order valence-corrected chi connectivity index (χ0v) is 21.2. The number of carbonyl (C=O) groups is 3. The second-order valence-electron chi connectivity index (χ2n) is 8.57. The van der Waals surface area contributed by atoms with Gasteiger partial charge in [0.1, 0.15) is 5.78 Å². The van der Waals surface area contributed by atoms with E-state index in [0.29, 0.717) is 25.9 Å². The summed E-state index contributed by atoms with van der Waals surface area (Å²) >= 11 is 1.63. The Labute approximate surface area is 211 Å². The van der Waals surface area contributed by atoms with Crippen LogP contribution in [0.15, 0.2) is 36.4 Å². The van der Waals surface area contributed by atoms with Crippen LogP contribution in [0.25, 0.3) is 0 Å². The molecule has 0 saturated heterocycles. The van der Waals surface area contributed by atoms with E-state index in [2.05, 4.69) is 4.74 Å². The fourth-order valence-corrected chi connectivity index (χ4v) is 5.05. The molecule has 9 heteroatoms. The molecular weight excluding hydrogens is 472 g/mol. The maximum Gasteiger partial charge on any atom is 0.344 e. The molecule has 0 spiro atoms. The fraction of sp³-hybridized carbons (Fsp3) is 0.577. The van der Waals surface area contributed by atoms with Gasteiger partial charge < -0.3 is 24.4 Å². The summed E-state index contributed by atoms with van der Waals surface area (Å²) in [6.07, 6.45) is 4.01. The highest BCUT2D eigenvalue weighted by Crippen LogP contribution is 2.34. The number of thioether (sulfide) groups is 1. The highest BCUT2D eigenvalue weighted by molar-refractivity contribution is 7.99. The molecule has 0 aromatic heterocycles. The molecule has 0 radical (unpaired) electrons. The monoisotopic (exact) mass is 508 g/mol. The van der Waals surface area contributed by atoms with Crippen molar-refractivity contribution in [3.63, 3.8) is 0 Å². The first kappa shape index (κ1) is 29.0. The molecule has 35 heavy (non-hydrogen) atoms. The molecule has 0 aliphatic heterocycles. The van der Waals surface area contributed by atoms with Gasteiger partial charge in [-0.05, 0) is 35.5 Å². The van der Waals surface area contributed by atoms with E-state index in [1.54, 1.807) is 31.0 Å². The molecule has 0 unspecified atom stereocenters. The van der Waals surface area contributed by atoms with Crippen molar-refractivity contribution in [2.24, 2.45) is 11.8 Å². The van der Waals surface area contributed by atoms with Crippen LogP contribution in [-0.2, 0) is 41.6 Å². The van der Waals surface area contributed by atoms with Gasteiger partial charge in [0.05, 0.1) is 25.9 Å². The van der Waals surface area contributed by atoms with E-state index in [1.807, 2.05) is 24.3 Å². The number of Topliss-reactive ketones (excluding diaryl/α,β-unsaturated/α-hetero) is 1. The molecule has 1 aliphatic rings. The number of aliphatic hydroxyl groups excluding tert-OH is 2. The Morgan fingerprint density at radius 3 is 2.71 bits per heavy atom. The predicted molar refractivity (Wildman–Crippen MR) is 133 cm³/mol. The zero-order valence-electron chi connectivity index (χ0n) is 20.4. The van der Waals surface area contributed by atoms with Crippen molar-refractivity contribution in [1.29, 1.82) is 0 Å². The Kier molecular flexibility index (Phi) is 13.0. The Balaban J connectivity index is 1.74. The summed E-state index contributed by atoms with van der Waals surface area (Å²) in [5.74, 6) is -0.150. The minimum atomic E-state index is -0.740. The molecule has 1 aromatic rings. The van der Waals surface area contributed by atoms with Crippen molar-refractivity contribution in [1.82, 2.24) is 0 Å². The number of ether oxygens (including phenoxy) is 3. The molecule has 1 aromatic carbocycles. The highest BCUT2D eigenvalue weighted by atomic mass is 32.2. The van der Waals surface area contributed by atoms with Crippen LogP contribution in [0.3, 0.4) is 0 Å². The summed E-state index contributed by atoms with van der Waals surface area (Å²) in [7, 11) is 2.87. The average molecular weight is 509 g/mol. The lowest BCUT2D eigenvalue weighted by molar-refractivity contribution is -0.156. The van der Waals surface area contributed by atoms with Crippen LogP contribution in [0.1, 0.15) is 36.8 Å². The first-order valence-electron chi connectivity index (χ1n) is 11.8. The molecule has 2 N–H and O–H groups in total. The van der Waals surface area contributed by atoms with Crippen LogP contribution in [0.4, 0.5) is 0 Å². The summed E-state index contributed by atoms with van der Waals surface area (Å²) in [6, 6.07) is 7.84. The van der Waals surface area contributed by atoms with Crippen molar-refractivity contribution >= 4 is 29.5 Å². The first-order chi connectivity index (χ1) is 16.8. The van der Waals surface area contributed by atoms with Crippen LogP contribution in [0, 0.1) is 11.8 Å². The van der Waals surface area contributed by atoms with Crippen molar-refractivity contribution in [2.75, 3.05) is 32.3 Å². The van der Waals surface area contributed by atoms with Gasteiger partial charge in [-0.1, -0.05) is 36.4 Å². The summed E-state index contributed by atoms with van der Waals surface area (Å²) < 4.78 is 14.4. The third-order valence-corrected chi connectivity index (χ3v) is 6.96. The molecule has 1 aliphatic carbocycles. The van der Waals surface area contributed by atoms with Gasteiger partial charge in [-0.2, -0.15) is 11.8 Å². The SMILES string of the molecule is COCc1cccc(C[C@H](O)C=C[C@H]2[C@H](O)CC(=O)[C@@H]2CCSCCCC(=O)OCC(=O)OC)c1. The van der Waals surface area contributed by atoms with Gasteiger partial charge in [-0.15, -0.1) is 0 Å². The van der Waals surface area contributed by atoms with Crippen LogP contribution >= 0.6 is 11.8 Å². The molecular formula is C26H36O8S. The van der Waals surface area contributed by atoms with Crippen molar-refractivity contribution < 1.29 is 38.8 Å². The molecule has 4 atom stereocenters. The van der Waals surface area contributed by atoms with Crippen molar-refractivity contribution in [2.45, 2.75) is 50.9 Å². The van der Waals surface area contributed by atoms with E-state index in [1.165, 1.54) is 7.11 Å². The van der Waals surface area contributed by atoms with Crippen molar-refractivity contribution in [3.05, 3.63) is 47.5 Å². The molecule has 1 saturated carbocycles. The number of aliphatic hydroxyl groups is 2. The number of hydrogen-bond acceptors (Lipinski definition) is 9. The lowest BCUT2D eigenvalue weighted by Gasteiger charge is -2.18. The van der Waals surface area contributed by atoms with E-state index in [-0.39, 0.29) is 37.1 Å². The lowest BCUT2D eigenvalue weighted by atomic mass is 9.91. The topological polar surface area (TPSA) is 119 Å². The second kappa shape index (κ2) is 15.7. The molecule has 8 nitrogen and oxygen atoms in total. The number of hydrogen-bond donors (Lipinski definition) is 2. The van der Waals surface area contributed by atoms with Crippen LogP contribution < -0.4 is 0 Å². The number of ketones is 1. The largest absolute Gasteiger partial charge is 0.466 e. The van der Waals surface area contributed by atoms with Crippen LogP contribution in [-0.4, -0.2) is 72.5 Å². The van der Waals surface area contributed by atoms with Gasteiger partial charge in [0.15, 0.2) is 6.61 Å². The van der Waals surface area contributed by atoms with Gasteiger partial charge in [-0.25, -0.2) is 4.79 Å². The standard InChI is InChI=1S/C26H36O8S/c1-32-16-19-6-3-5-18(13-19)14-20(27)8-9-21-22(24(29)15-23(21)28)10-12-35-11-4-7-25(30)34-17-26(31)33-2/h3,5-6,8-9,13,20-23,27-28H,4,7,10-12,14-17H2,1-2H3/t20-,21-,22-,23-/m1/s1. The quantitative estimate of drug-likeness (QED) is 0.209. The highest BCUT2D eigenvalue weighted by Gasteiger charge is 2.39. The van der Waals surface area contributed by atoms with Crippen LogP contribution in [0.2, 0.25) is 0 Å². The first-order valence-corrected chi connectivity index (χ1v) is 12.9. The summed E-state index contributed by atoms with van der Waals surface area (Å²) in [4.78, 5) is 34.9. The predicted octanol–water partition coefficient (Wildman–Crippen LogP) is 2.48. The van der Waals surface area contributed by atoms with E-state index in [9.17, 15) is 24.6 Å². The number of esters is 2. The average Bonchev–Trinajstić information content (AvgIpc) is 3.10. The summed E-state index contributed by atoms with van der Waals surface area (Å²) in [6.45, 7) is 0.133. The van der Waals surface area contributed by atoms with E-state index < -0.39 is 24.1 Å². The smallest absolute Gasteiger partial charge is 0.344 e. The molecule has 0 amide bonds. The van der Waals surface area contributed by atoms with Gasteiger partial charge in [0.2, 0.25) is 0 Å². The van der Waals surface area contributed by atoms with E-state index in [0.717, 1.165) is 22.6 Å². The number of methoxy groups -OCH3 is 2. The van der Waals surface area contributed by atoms with Crippen LogP contribution in [0.5, 0.6) is 0 Å². The van der Waals surface area contributed by atoms with Crippen molar-refractivity contribution in [3.8, 4) is 0 Å². The molecule has 2 rings (SSSR count). The summed E-state index contributed by atoms with van der Waals surface area (Å²) in [5, 5.41) is 20.8. The second-order valence-corrected chi connectivity index (χ2v) is 9.80. The minimum absolute atomic E-state index is 0.0425. The third-order valence-electron chi connectivity index (χ3n) is 5.86. The molecule has 0 heterocycles. The zero-order chi connectivity index (χ0) is 25.6. The number of rotatable bonds is 15. The molecule has 0 bridgehead atoms. The molecule has 1 fully saturated rings. The minimum Gasteiger partial charge on any atom is -0.466 e. The number of benzene rings is 1. The fourth-order valence-electron chi connectivity index (χ4n) is 4.07. The normalized spacial score (nSPS) is 20.8. The van der Waals surface area contributed by atoms with E-state index >= 15 is 0 Å². The van der Waals surface area contributed by atoms with Gasteiger partial charge >= 0.3 is 11.9 Å². The maximum atomic E-state index is 12.4. The molecule has 194 valence electrons. The van der Waals surface area contributed by atoms with Gasteiger partial charge in [0.25, 0.3) is 0 Å². The summed E-state index contributed by atoms with van der Waals surface area (Å²) in [5.41, 5.74) is 2.02. The van der Waals surface area contributed by atoms with E-state index in [4.69, 9.17) is 9.47 Å². The number of carbonyl (C=O) groups excluding carboxylic acids is 3. The van der Waals surface area contributed by atoms with Gasteiger partial charge in [-0.3, -0.25) is 9.59 Å². The Bertz CT molecular complexity index is 856. The Morgan fingerprint density at radius 1 is 1.20 bits per heavy atom. The Hall–Kier alpha value is -2.20. The maximum absolute atomic E-state index is 12.4.